The van der Waals surface area contributed by atoms with Crippen LogP contribution in [-0.2, 0) is 9.53 Å². The van der Waals surface area contributed by atoms with Crippen molar-refractivity contribution in [3.63, 3.8) is 0 Å². The van der Waals surface area contributed by atoms with Gasteiger partial charge in [0.05, 0.1) is 6.10 Å². The Kier molecular flexibility index (Phi) is 6.21. The number of nitrogens with one attached hydrogen (secondary N) is 1. The summed E-state index contributed by atoms with van der Waals surface area (Å²) in [7, 11) is 0. The fraction of sp³-hybridized carbons (Fsp3) is 0.588. The lowest BCUT2D eigenvalue weighted by molar-refractivity contribution is -0.137. The van der Waals surface area contributed by atoms with Crippen LogP contribution in [0.4, 0.5) is 0 Å². The normalized spacial score (nSPS) is 18.4. The monoisotopic (exact) mass is 291 g/mol. The Hall–Kier alpha value is -1.39. The fourth-order valence-corrected chi connectivity index (χ4v) is 2.57. The Labute approximate surface area is 126 Å². The van der Waals surface area contributed by atoms with E-state index in [4.69, 9.17) is 9.84 Å². The Morgan fingerprint density at radius 2 is 2.00 bits per heavy atom. The van der Waals surface area contributed by atoms with E-state index in [0.29, 0.717) is 6.54 Å². The van der Waals surface area contributed by atoms with E-state index in [1.54, 1.807) is 0 Å². The number of benzene rings is 1. The van der Waals surface area contributed by atoms with Crippen molar-refractivity contribution in [1.29, 1.82) is 0 Å². The highest BCUT2D eigenvalue weighted by atomic mass is 16.5. The number of hydrogen-bond donors (Lipinski definition) is 2. The molecule has 0 aromatic heterocycles. The summed E-state index contributed by atoms with van der Waals surface area (Å²) >= 11 is 0. The smallest absolute Gasteiger partial charge is 0.253 e. The van der Waals surface area contributed by atoms with Crippen molar-refractivity contribution in [2.24, 2.45) is 5.92 Å². The van der Waals surface area contributed by atoms with Crippen LogP contribution < -0.4 is 5.32 Å². The maximum Gasteiger partial charge on any atom is 0.253 e. The van der Waals surface area contributed by atoms with E-state index in [0.717, 1.165) is 18.4 Å². The van der Waals surface area contributed by atoms with E-state index < -0.39 is 6.10 Å². The number of aliphatic hydroxyl groups is 1. The minimum Gasteiger partial charge on any atom is -0.396 e. The molecule has 1 aromatic carbocycles. The van der Waals surface area contributed by atoms with Gasteiger partial charge in [0.1, 0.15) is 0 Å². The van der Waals surface area contributed by atoms with Gasteiger partial charge in [-0.25, -0.2) is 0 Å². The standard InChI is InChI=1S/C17H25NO3/c1-13(12-19)11-18-17(20)16(14-7-3-2-4-8-14)21-15-9-5-6-10-15/h2-4,7-8,13,15-16,19H,5-6,9-12H2,1H3,(H,18,20). The van der Waals surface area contributed by atoms with Crippen LogP contribution in [0, 0.1) is 5.92 Å². The van der Waals surface area contributed by atoms with E-state index in [1.165, 1.54) is 12.8 Å². The molecule has 116 valence electrons. The molecule has 21 heavy (non-hydrogen) atoms. The van der Waals surface area contributed by atoms with Crippen LogP contribution in [0.25, 0.3) is 0 Å². The minimum absolute atomic E-state index is 0.0526. The molecule has 1 aromatic rings. The Balaban J connectivity index is 2.02. The molecule has 1 amide bonds. The summed E-state index contributed by atoms with van der Waals surface area (Å²) < 4.78 is 6.05. The van der Waals surface area contributed by atoms with Gasteiger partial charge in [0, 0.05) is 13.2 Å². The predicted molar refractivity (Wildman–Crippen MR) is 81.8 cm³/mol. The van der Waals surface area contributed by atoms with Crippen molar-refractivity contribution in [2.75, 3.05) is 13.2 Å². The van der Waals surface area contributed by atoms with Crippen molar-refractivity contribution in [1.82, 2.24) is 5.32 Å². The third kappa shape index (κ3) is 4.83. The average Bonchev–Trinajstić information content (AvgIpc) is 3.04. The zero-order valence-electron chi connectivity index (χ0n) is 12.6. The Morgan fingerprint density at radius 3 is 2.62 bits per heavy atom. The number of carbonyl (C=O) groups is 1. The molecule has 0 bridgehead atoms. The van der Waals surface area contributed by atoms with Crippen molar-refractivity contribution in [3.05, 3.63) is 35.9 Å². The molecule has 0 aliphatic heterocycles. The topological polar surface area (TPSA) is 58.6 Å². The van der Waals surface area contributed by atoms with Gasteiger partial charge in [-0.15, -0.1) is 0 Å². The molecule has 2 N–H and O–H groups in total. The van der Waals surface area contributed by atoms with Crippen LogP contribution >= 0.6 is 0 Å². The number of carbonyl (C=O) groups excluding carboxylic acids is 1. The summed E-state index contributed by atoms with van der Waals surface area (Å²) in [5.41, 5.74) is 0.888. The second-order valence-electron chi connectivity index (χ2n) is 5.87. The Morgan fingerprint density at radius 1 is 1.33 bits per heavy atom. The summed E-state index contributed by atoms with van der Waals surface area (Å²) in [4.78, 5) is 12.4. The molecule has 2 rings (SSSR count). The number of amides is 1. The first kappa shape index (κ1) is 16.0. The quantitative estimate of drug-likeness (QED) is 0.811. The lowest BCUT2D eigenvalue weighted by Crippen LogP contribution is -2.35. The van der Waals surface area contributed by atoms with Gasteiger partial charge in [-0.05, 0) is 24.3 Å². The summed E-state index contributed by atoms with van der Waals surface area (Å²) in [6.07, 6.45) is 4.04. The molecule has 0 heterocycles. The van der Waals surface area contributed by atoms with Gasteiger partial charge < -0.3 is 15.2 Å². The number of aliphatic hydroxyl groups excluding tert-OH is 1. The largest absolute Gasteiger partial charge is 0.396 e. The molecule has 0 radical (unpaired) electrons. The van der Waals surface area contributed by atoms with Gasteiger partial charge in [0.25, 0.3) is 5.91 Å². The molecule has 0 spiro atoms. The zero-order valence-corrected chi connectivity index (χ0v) is 12.6. The van der Waals surface area contributed by atoms with Gasteiger partial charge in [0.15, 0.2) is 6.10 Å². The lowest BCUT2D eigenvalue weighted by atomic mass is 10.1. The first-order valence-corrected chi connectivity index (χ1v) is 7.79. The van der Waals surface area contributed by atoms with Crippen LogP contribution in [0.3, 0.4) is 0 Å². The maximum atomic E-state index is 12.4. The van der Waals surface area contributed by atoms with Gasteiger partial charge in [-0.3, -0.25) is 4.79 Å². The minimum atomic E-state index is -0.555. The zero-order chi connectivity index (χ0) is 15.1. The number of hydrogen-bond acceptors (Lipinski definition) is 3. The summed E-state index contributed by atoms with van der Waals surface area (Å²) in [6.45, 7) is 2.43. The first-order valence-electron chi connectivity index (χ1n) is 7.79. The van der Waals surface area contributed by atoms with Crippen molar-refractivity contribution in [3.8, 4) is 0 Å². The summed E-state index contributed by atoms with van der Waals surface area (Å²) in [5, 5.41) is 11.9. The van der Waals surface area contributed by atoms with Crippen LogP contribution in [-0.4, -0.2) is 30.3 Å². The van der Waals surface area contributed by atoms with Gasteiger partial charge in [0.2, 0.25) is 0 Å². The summed E-state index contributed by atoms with van der Waals surface area (Å²) in [6, 6.07) is 9.62. The molecule has 1 aliphatic rings. The van der Waals surface area contributed by atoms with Gasteiger partial charge in [-0.1, -0.05) is 50.1 Å². The van der Waals surface area contributed by atoms with Crippen LogP contribution in [0.15, 0.2) is 30.3 Å². The number of rotatable bonds is 7. The highest BCUT2D eigenvalue weighted by Gasteiger charge is 2.27. The second kappa shape index (κ2) is 8.15. The maximum absolute atomic E-state index is 12.4. The van der Waals surface area contributed by atoms with E-state index >= 15 is 0 Å². The van der Waals surface area contributed by atoms with E-state index in [2.05, 4.69) is 5.32 Å². The third-order valence-corrected chi connectivity index (χ3v) is 3.91. The fourth-order valence-electron chi connectivity index (χ4n) is 2.57. The average molecular weight is 291 g/mol. The van der Waals surface area contributed by atoms with E-state index in [-0.39, 0.29) is 24.5 Å². The molecule has 1 aliphatic carbocycles. The lowest BCUT2D eigenvalue weighted by Gasteiger charge is -2.22. The van der Waals surface area contributed by atoms with Crippen molar-refractivity contribution < 1.29 is 14.6 Å². The van der Waals surface area contributed by atoms with Crippen LogP contribution in [0.1, 0.15) is 44.3 Å². The van der Waals surface area contributed by atoms with E-state index in [9.17, 15) is 4.79 Å². The van der Waals surface area contributed by atoms with Crippen LogP contribution in [0.5, 0.6) is 0 Å². The molecular weight excluding hydrogens is 266 g/mol. The molecular formula is C17H25NO3. The molecule has 2 atom stereocenters. The predicted octanol–water partition coefficient (Wildman–Crippen LogP) is 2.43. The number of ether oxygens (including phenoxy) is 1. The molecule has 4 heteroatoms. The van der Waals surface area contributed by atoms with Crippen molar-refractivity contribution in [2.45, 2.75) is 44.8 Å². The molecule has 4 nitrogen and oxygen atoms in total. The highest BCUT2D eigenvalue weighted by molar-refractivity contribution is 5.82. The molecule has 1 saturated carbocycles. The van der Waals surface area contributed by atoms with Gasteiger partial charge in [-0.2, -0.15) is 0 Å². The molecule has 0 saturated heterocycles. The third-order valence-electron chi connectivity index (χ3n) is 3.91. The van der Waals surface area contributed by atoms with Crippen LogP contribution in [0.2, 0.25) is 0 Å². The SMILES string of the molecule is CC(CO)CNC(=O)C(OC1CCCC1)c1ccccc1. The highest BCUT2D eigenvalue weighted by Crippen LogP contribution is 2.28. The first-order chi connectivity index (χ1) is 10.2. The molecule has 2 unspecified atom stereocenters. The second-order valence-corrected chi connectivity index (χ2v) is 5.87. The Bertz CT molecular complexity index is 429. The van der Waals surface area contributed by atoms with E-state index in [1.807, 2.05) is 37.3 Å². The molecule has 1 fully saturated rings. The van der Waals surface area contributed by atoms with Crippen molar-refractivity contribution >= 4 is 5.91 Å². The van der Waals surface area contributed by atoms with Gasteiger partial charge >= 0.3 is 0 Å². The summed E-state index contributed by atoms with van der Waals surface area (Å²) in [5.74, 6) is -0.0646.